The van der Waals surface area contributed by atoms with E-state index in [1.54, 1.807) is 49.8 Å². The first-order valence-electron chi connectivity index (χ1n) is 21.3. The topological polar surface area (TPSA) is 157 Å². The number of benzene rings is 4. The molecule has 0 spiro atoms. The number of thiophene rings is 1. The van der Waals surface area contributed by atoms with Crippen molar-refractivity contribution in [1.82, 2.24) is 30.2 Å². The zero-order chi connectivity index (χ0) is 46.7. The number of rotatable bonds is 16. The molecule has 3 aromatic heterocycles. The number of methoxy groups -OCH3 is 2. The third kappa shape index (κ3) is 11.9. The number of anilines is 4. The minimum atomic E-state index is -0.509. The van der Waals surface area contributed by atoms with Crippen LogP contribution < -0.4 is 35.5 Å². The van der Waals surface area contributed by atoms with Crippen molar-refractivity contribution in [2.45, 2.75) is 39.0 Å². The van der Waals surface area contributed by atoms with Gasteiger partial charge in [-0.05, 0) is 93.5 Å². The Kier molecular flexibility index (Phi) is 16.0. The molecule has 1 aliphatic heterocycles. The van der Waals surface area contributed by atoms with Gasteiger partial charge in [-0.2, -0.15) is 0 Å². The number of amides is 1. The predicted octanol–water partition coefficient (Wildman–Crippen LogP) is 9.97. The normalized spacial score (nSPS) is 14.0. The van der Waals surface area contributed by atoms with E-state index >= 15 is 0 Å². The van der Waals surface area contributed by atoms with Crippen LogP contribution in [0.2, 0.25) is 5.02 Å². The monoisotopic (exact) mass is 933 g/mol. The summed E-state index contributed by atoms with van der Waals surface area (Å²) in [4.78, 5) is 33.7. The van der Waals surface area contributed by atoms with E-state index in [-0.39, 0.29) is 23.1 Å². The molecule has 4 N–H and O–H groups in total. The average molecular weight is 935 g/mol. The molecule has 4 aromatic carbocycles. The zero-order valence-corrected chi connectivity index (χ0v) is 39.4. The molecular weight excluding hydrogens is 881 g/mol. The van der Waals surface area contributed by atoms with E-state index in [4.69, 9.17) is 30.5 Å². The average Bonchev–Trinajstić information content (AvgIpc) is 4.01. The molecule has 1 fully saturated rings. The highest BCUT2D eigenvalue weighted by atomic mass is 35.5. The fourth-order valence-corrected chi connectivity index (χ4v) is 8.34. The van der Waals surface area contributed by atoms with Gasteiger partial charge in [0.15, 0.2) is 11.5 Å². The van der Waals surface area contributed by atoms with Crippen LogP contribution in [-0.4, -0.2) is 92.0 Å². The number of likely N-dealkylation sites (N-methyl/N-ethyl adjacent to an activating group) is 1. The molecular formula is C49H53ClFN9O5S. The number of hydrogen-bond donors (Lipinski definition) is 4. The molecule has 1 aliphatic rings. The van der Waals surface area contributed by atoms with Gasteiger partial charge in [-0.3, -0.25) is 4.79 Å². The maximum absolute atomic E-state index is 13.6. The van der Waals surface area contributed by atoms with Gasteiger partial charge in [0, 0.05) is 59.1 Å². The molecule has 1 saturated heterocycles. The Morgan fingerprint density at radius 3 is 2.50 bits per heavy atom. The molecule has 14 nitrogen and oxygen atoms in total. The molecule has 4 heterocycles. The molecule has 17 heteroatoms. The van der Waals surface area contributed by atoms with Gasteiger partial charge in [0.1, 0.15) is 41.5 Å². The summed E-state index contributed by atoms with van der Waals surface area (Å²) in [5.41, 5.74) is 6.26. The van der Waals surface area contributed by atoms with E-state index in [0.29, 0.717) is 70.9 Å². The van der Waals surface area contributed by atoms with Gasteiger partial charge in [0.2, 0.25) is 5.91 Å². The van der Waals surface area contributed by atoms with Gasteiger partial charge in [0.05, 0.1) is 55.2 Å². The number of carbonyl (C=O) groups is 1. The second-order valence-electron chi connectivity index (χ2n) is 15.7. The lowest BCUT2D eigenvalue weighted by Crippen LogP contribution is -2.18. The summed E-state index contributed by atoms with van der Waals surface area (Å²) in [6.07, 6.45) is 5.32. The minimum Gasteiger partial charge on any atom is -0.493 e. The van der Waals surface area contributed by atoms with Gasteiger partial charge in [0.25, 0.3) is 0 Å². The summed E-state index contributed by atoms with van der Waals surface area (Å²) in [7, 11) is 9.07. The quantitative estimate of drug-likeness (QED) is 0.0680. The molecule has 0 radical (unpaired) electrons. The van der Waals surface area contributed by atoms with E-state index < -0.39 is 5.82 Å². The number of nitrogens with one attached hydrogen (secondary N) is 4. The summed E-state index contributed by atoms with van der Waals surface area (Å²) in [5.74, 6) is 2.96. The fraction of sp³-hybridized carbons (Fsp3) is 0.286. The molecule has 0 bridgehead atoms. The highest BCUT2D eigenvalue weighted by Crippen LogP contribution is 2.38. The number of carbonyl (C=O) groups excluding carboxylic acids is 1. The third-order valence-corrected chi connectivity index (χ3v) is 11.9. The SMILES string of the molecule is CN(C)C/C=C/C(=O)Nc1cc2c(Nc3ccc(F)c(Cl)c3)ncnc2cc1O[C@H]1CCOC1.CNCc1ccccc1-c1csc(C(C)Nc2nc(C)nc3cc(OC)c(OC)cc23)c1. The highest BCUT2D eigenvalue weighted by Gasteiger charge is 2.21. The van der Waals surface area contributed by atoms with Crippen molar-refractivity contribution >= 4 is 73.7 Å². The number of halogens is 2. The Bertz CT molecular complexity index is 2840. The Morgan fingerprint density at radius 1 is 0.985 bits per heavy atom. The molecule has 2 atom stereocenters. The van der Waals surface area contributed by atoms with Gasteiger partial charge in [-0.25, -0.2) is 24.3 Å². The number of fused-ring (bicyclic) bond motifs is 2. The van der Waals surface area contributed by atoms with Gasteiger partial charge in [-0.15, -0.1) is 11.3 Å². The lowest BCUT2D eigenvalue weighted by molar-refractivity contribution is -0.111. The first kappa shape index (κ1) is 47.5. The van der Waals surface area contributed by atoms with Gasteiger partial charge >= 0.3 is 0 Å². The Morgan fingerprint density at radius 2 is 1.76 bits per heavy atom. The van der Waals surface area contributed by atoms with E-state index in [1.807, 2.05) is 45.1 Å². The van der Waals surface area contributed by atoms with Crippen molar-refractivity contribution in [1.29, 1.82) is 0 Å². The fourth-order valence-electron chi connectivity index (χ4n) is 7.25. The Balaban J connectivity index is 0.000000197. The largest absolute Gasteiger partial charge is 0.493 e. The standard InChI is InChI=1S/C25H28N4O2S.C24H25ClFN5O3/c1-15(24-10-18(14-32-24)19-9-7-6-8-17(19)13-26-3)27-25-20-11-22(30-4)23(31-5)12-21(20)28-16(2)29-25;1-31(2)8-3-4-23(32)30-21-11-17-20(12-22(21)34-16-7-9-33-13-16)27-14-28-24(17)29-15-5-6-19(26)18(25)10-15/h6-12,14-15,26H,13H2,1-5H3,(H,27,28,29);3-6,10-12,14,16H,7-9,13H2,1-2H3,(H,30,32)(H,27,28,29)/b;4-3+/t;16-/m.0/s1. The summed E-state index contributed by atoms with van der Waals surface area (Å²) < 4.78 is 36.0. The van der Waals surface area contributed by atoms with Crippen molar-refractivity contribution in [3.63, 3.8) is 0 Å². The van der Waals surface area contributed by atoms with Crippen LogP contribution in [0.5, 0.6) is 17.2 Å². The summed E-state index contributed by atoms with van der Waals surface area (Å²) in [6.45, 7) is 6.63. The molecule has 8 rings (SSSR count). The first-order chi connectivity index (χ1) is 31.9. The van der Waals surface area contributed by atoms with E-state index in [0.717, 1.165) is 29.7 Å². The minimum absolute atomic E-state index is 0.00436. The molecule has 344 valence electrons. The van der Waals surface area contributed by atoms with Crippen LogP contribution in [0.3, 0.4) is 0 Å². The molecule has 66 heavy (non-hydrogen) atoms. The smallest absolute Gasteiger partial charge is 0.248 e. The summed E-state index contributed by atoms with van der Waals surface area (Å²) in [6, 6.07) is 22.5. The second kappa shape index (κ2) is 22.2. The molecule has 1 unspecified atom stereocenters. The lowest BCUT2D eigenvalue weighted by atomic mass is 10.0. The maximum Gasteiger partial charge on any atom is 0.248 e. The number of aryl methyl sites for hydroxylation is 1. The summed E-state index contributed by atoms with van der Waals surface area (Å²) >= 11 is 7.66. The van der Waals surface area contributed by atoms with Crippen LogP contribution in [0.4, 0.5) is 27.4 Å². The van der Waals surface area contributed by atoms with Crippen LogP contribution in [0.15, 0.2) is 96.7 Å². The van der Waals surface area contributed by atoms with Crippen molar-refractivity contribution in [2.75, 3.05) is 71.1 Å². The first-order valence-corrected chi connectivity index (χ1v) is 22.5. The van der Waals surface area contributed by atoms with Crippen LogP contribution in [-0.2, 0) is 16.1 Å². The second-order valence-corrected chi connectivity index (χ2v) is 17.1. The molecule has 7 aromatic rings. The van der Waals surface area contributed by atoms with Crippen molar-refractivity contribution in [2.24, 2.45) is 0 Å². The van der Waals surface area contributed by atoms with E-state index in [9.17, 15) is 9.18 Å². The zero-order valence-electron chi connectivity index (χ0n) is 37.9. The van der Waals surface area contributed by atoms with Crippen LogP contribution in [0.25, 0.3) is 32.9 Å². The van der Waals surface area contributed by atoms with Crippen LogP contribution in [0, 0.1) is 12.7 Å². The third-order valence-electron chi connectivity index (χ3n) is 10.5. The van der Waals surface area contributed by atoms with Crippen LogP contribution in [0.1, 0.15) is 35.7 Å². The summed E-state index contributed by atoms with van der Waals surface area (Å²) in [5, 5.41) is 16.6. The number of hydrogen-bond acceptors (Lipinski definition) is 14. The van der Waals surface area contributed by atoms with Gasteiger partial charge < -0.3 is 45.1 Å². The molecule has 0 aliphatic carbocycles. The van der Waals surface area contributed by atoms with Crippen molar-refractivity contribution in [3.05, 3.63) is 124 Å². The molecule has 0 saturated carbocycles. The Labute approximate surface area is 392 Å². The lowest BCUT2D eigenvalue weighted by Gasteiger charge is -2.17. The number of aromatic nitrogens is 4. The van der Waals surface area contributed by atoms with E-state index in [1.165, 1.54) is 46.1 Å². The van der Waals surface area contributed by atoms with Crippen LogP contribution >= 0.6 is 22.9 Å². The molecule has 1 amide bonds. The highest BCUT2D eigenvalue weighted by molar-refractivity contribution is 7.10. The number of ether oxygens (including phenoxy) is 4. The predicted molar refractivity (Wildman–Crippen MR) is 262 cm³/mol. The van der Waals surface area contributed by atoms with Crippen molar-refractivity contribution < 1.29 is 28.1 Å². The van der Waals surface area contributed by atoms with Crippen molar-refractivity contribution in [3.8, 4) is 28.4 Å². The van der Waals surface area contributed by atoms with Gasteiger partial charge in [-0.1, -0.05) is 41.9 Å². The maximum atomic E-state index is 13.6. The number of nitrogens with zero attached hydrogens (tertiary/aromatic N) is 5. The van der Waals surface area contributed by atoms with E-state index in [2.05, 4.69) is 83.8 Å². The Hall–Kier alpha value is -6.43.